The van der Waals surface area contributed by atoms with Gasteiger partial charge < -0.3 is 5.11 Å². The van der Waals surface area contributed by atoms with Crippen molar-refractivity contribution >= 4 is 23.4 Å². The van der Waals surface area contributed by atoms with Crippen molar-refractivity contribution in [2.45, 2.75) is 44.1 Å². The molecule has 5 heteroatoms. The number of halogens is 1. The molecule has 0 aliphatic carbocycles. The Kier molecular flexibility index (Phi) is 3.52. The van der Waals surface area contributed by atoms with E-state index in [1.54, 1.807) is 18.0 Å². The van der Waals surface area contributed by atoms with Crippen LogP contribution in [0.5, 0.6) is 0 Å². The summed E-state index contributed by atoms with van der Waals surface area (Å²) in [4.78, 5) is 0. The molecule has 0 spiro atoms. The zero-order valence-electron chi connectivity index (χ0n) is 9.61. The van der Waals surface area contributed by atoms with Crippen molar-refractivity contribution in [3.8, 4) is 0 Å². The third kappa shape index (κ3) is 2.11. The van der Waals surface area contributed by atoms with Crippen molar-refractivity contribution < 1.29 is 5.11 Å². The van der Waals surface area contributed by atoms with Crippen LogP contribution in [-0.2, 0) is 12.1 Å². The molecule has 90 valence electrons. The highest BCUT2D eigenvalue weighted by atomic mass is 35.5. The van der Waals surface area contributed by atoms with Crippen LogP contribution in [0.4, 0.5) is 0 Å². The Morgan fingerprint density at radius 1 is 1.75 bits per heavy atom. The number of rotatable bonds is 3. The van der Waals surface area contributed by atoms with Crippen LogP contribution in [0.15, 0.2) is 6.20 Å². The highest BCUT2D eigenvalue weighted by molar-refractivity contribution is 8.00. The van der Waals surface area contributed by atoms with E-state index in [1.165, 1.54) is 0 Å². The minimum absolute atomic E-state index is 0.478. The van der Waals surface area contributed by atoms with Gasteiger partial charge in [0.2, 0.25) is 0 Å². The summed E-state index contributed by atoms with van der Waals surface area (Å²) in [6.07, 6.45) is 3.38. The summed E-state index contributed by atoms with van der Waals surface area (Å²) in [6, 6.07) is 0. The maximum atomic E-state index is 10.6. The second-order valence-corrected chi connectivity index (χ2v) is 6.26. The minimum atomic E-state index is -0.799. The zero-order chi connectivity index (χ0) is 11.8. The molecule has 0 amide bonds. The van der Waals surface area contributed by atoms with Gasteiger partial charge in [-0.25, -0.2) is 0 Å². The molecule has 1 aromatic heterocycles. The first-order valence-electron chi connectivity index (χ1n) is 5.62. The van der Waals surface area contributed by atoms with E-state index < -0.39 is 5.60 Å². The minimum Gasteiger partial charge on any atom is -0.383 e. The molecule has 3 nitrogen and oxygen atoms in total. The van der Waals surface area contributed by atoms with Crippen LogP contribution in [0.1, 0.15) is 32.4 Å². The number of thioether (sulfide) groups is 1. The molecule has 1 fully saturated rings. The summed E-state index contributed by atoms with van der Waals surface area (Å²) in [6.45, 7) is 5.04. The van der Waals surface area contributed by atoms with Gasteiger partial charge in [-0.05, 0) is 12.8 Å². The van der Waals surface area contributed by atoms with Crippen LogP contribution in [0, 0.1) is 0 Å². The smallest absolute Gasteiger partial charge is 0.118 e. The summed E-state index contributed by atoms with van der Waals surface area (Å²) < 4.78 is 1.85. The molecule has 1 saturated heterocycles. The van der Waals surface area contributed by atoms with Crippen LogP contribution in [0.25, 0.3) is 0 Å². The van der Waals surface area contributed by atoms with Gasteiger partial charge in [0, 0.05) is 17.5 Å². The SMILES string of the molecule is CCCn1ncc(Cl)c1C1(O)CSC(C)C1. The Morgan fingerprint density at radius 3 is 3.06 bits per heavy atom. The molecular formula is C11H17ClN2OS. The van der Waals surface area contributed by atoms with Crippen LogP contribution in [0.2, 0.25) is 5.02 Å². The van der Waals surface area contributed by atoms with E-state index in [2.05, 4.69) is 18.9 Å². The maximum Gasteiger partial charge on any atom is 0.118 e. The molecule has 1 aliphatic heterocycles. The van der Waals surface area contributed by atoms with E-state index in [4.69, 9.17) is 11.6 Å². The number of nitrogens with zero attached hydrogens (tertiary/aromatic N) is 2. The summed E-state index contributed by atoms with van der Waals surface area (Å²) in [7, 11) is 0. The van der Waals surface area contributed by atoms with Gasteiger partial charge in [0.25, 0.3) is 0 Å². The average Bonchev–Trinajstić information content (AvgIpc) is 2.73. The predicted octanol–water partition coefficient (Wildman–Crippen LogP) is 2.66. The highest BCUT2D eigenvalue weighted by Crippen LogP contribution is 2.43. The summed E-state index contributed by atoms with van der Waals surface area (Å²) in [5.41, 5.74) is 0.000177. The molecule has 2 rings (SSSR count). The van der Waals surface area contributed by atoms with Crippen molar-refractivity contribution in [3.63, 3.8) is 0 Å². The third-order valence-corrected chi connectivity index (χ3v) is 4.56. The molecule has 0 aromatic carbocycles. The monoisotopic (exact) mass is 260 g/mol. The Labute approximate surface area is 105 Å². The molecule has 0 radical (unpaired) electrons. The van der Waals surface area contributed by atoms with Gasteiger partial charge in [-0.15, -0.1) is 0 Å². The summed E-state index contributed by atoms with van der Waals surface area (Å²) >= 11 is 7.93. The first-order chi connectivity index (χ1) is 7.57. The molecule has 0 saturated carbocycles. The maximum absolute atomic E-state index is 10.6. The average molecular weight is 261 g/mol. The van der Waals surface area contributed by atoms with Gasteiger partial charge in [-0.2, -0.15) is 16.9 Å². The topological polar surface area (TPSA) is 38.0 Å². The molecule has 2 heterocycles. The molecule has 2 atom stereocenters. The van der Waals surface area contributed by atoms with Crippen LogP contribution in [0.3, 0.4) is 0 Å². The number of aromatic nitrogens is 2. The van der Waals surface area contributed by atoms with Crippen molar-refractivity contribution in [2.24, 2.45) is 0 Å². The number of hydrogen-bond acceptors (Lipinski definition) is 3. The lowest BCUT2D eigenvalue weighted by molar-refractivity contribution is 0.0514. The van der Waals surface area contributed by atoms with E-state index >= 15 is 0 Å². The van der Waals surface area contributed by atoms with Gasteiger partial charge >= 0.3 is 0 Å². The van der Waals surface area contributed by atoms with Crippen molar-refractivity contribution in [2.75, 3.05) is 5.75 Å². The van der Waals surface area contributed by atoms with Crippen molar-refractivity contribution in [1.82, 2.24) is 9.78 Å². The van der Waals surface area contributed by atoms with Gasteiger partial charge in [0.05, 0.1) is 16.9 Å². The van der Waals surface area contributed by atoms with E-state index in [0.717, 1.165) is 25.1 Å². The van der Waals surface area contributed by atoms with Gasteiger partial charge in [0.15, 0.2) is 0 Å². The largest absolute Gasteiger partial charge is 0.383 e. The Bertz CT molecular complexity index is 382. The first-order valence-corrected chi connectivity index (χ1v) is 7.05. The molecule has 2 unspecified atom stereocenters. The second-order valence-electron chi connectivity index (χ2n) is 4.42. The molecule has 0 bridgehead atoms. The number of aryl methyl sites for hydroxylation is 1. The van der Waals surface area contributed by atoms with Gasteiger partial charge in [0.1, 0.15) is 5.60 Å². The standard InChI is InChI=1S/C11H17ClN2OS/c1-3-4-14-10(9(12)6-13-14)11(15)5-8(2)16-7-11/h6,8,15H,3-5,7H2,1-2H3. The van der Waals surface area contributed by atoms with Crippen LogP contribution >= 0.6 is 23.4 Å². The summed E-state index contributed by atoms with van der Waals surface area (Å²) in [5, 5.41) is 15.9. The first kappa shape index (κ1) is 12.3. The molecule has 1 aliphatic rings. The lowest BCUT2D eigenvalue weighted by Gasteiger charge is -2.23. The van der Waals surface area contributed by atoms with Crippen molar-refractivity contribution in [1.29, 1.82) is 0 Å². The number of aliphatic hydroxyl groups is 1. The Hall–Kier alpha value is -0.190. The Morgan fingerprint density at radius 2 is 2.50 bits per heavy atom. The fourth-order valence-electron chi connectivity index (χ4n) is 2.24. The number of hydrogen-bond donors (Lipinski definition) is 1. The fraction of sp³-hybridized carbons (Fsp3) is 0.727. The Balaban J connectivity index is 2.34. The molecular weight excluding hydrogens is 244 g/mol. The third-order valence-electron chi connectivity index (χ3n) is 2.90. The van der Waals surface area contributed by atoms with Gasteiger partial charge in [-0.3, -0.25) is 4.68 Å². The summed E-state index contributed by atoms with van der Waals surface area (Å²) in [5.74, 6) is 0.712. The fourth-order valence-corrected chi connectivity index (χ4v) is 3.77. The van der Waals surface area contributed by atoms with Crippen molar-refractivity contribution in [3.05, 3.63) is 16.9 Å². The van der Waals surface area contributed by atoms with E-state index in [9.17, 15) is 5.11 Å². The van der Waals surface area contributed by atoms with Crippen LogP contribution < -0.4 is 0 Å². The zero-order valence-corrected chi connectivity index (χ0v) is 11.2. The normalized spacial score (nSPS) is 29.9. The highest BCUT2D eigenvalue weighted by Gasteiger charge is 2.41. The van der Waals surface area contributed by atoms with E-state index in [1.807, 2.05) is 4.68 Å². The lowest BCUT2D eigenvalue weighted by Crippen LogP contribution is -2.29. The van der Waals surface area contributed by atoms with E-state index in [0.29, 0.717) is 16.0 Å². The van der Waals surface area contributed by atoms with E-state index in [-0.39, 0.29) is 0 Å². The van der Waals surface area contributed by atoms with Gasteiger partial charge in [-0.1, -0.05) is 25.4 Å². The molecule has 1 aromatic rings. The second kappa shape index (κ2) is 4.59. The van der Waals surface area contributed by atoms with Crippen LogP contribution in [-0.4, -0.2) is 25.9 Å². The lowest BCUT2D eigenvalue weighted by atomic mass is 9.96. The molecule has 1 N–H and O–H groups in total. The molecule has 16 heavy (non-hydrogen) atoms. The predicted molar refractivity (Wildman–Crippen MR) is 68.0 cm³/mol. The quantitative estimate of drug-likeness (QED) is 0.908.